The van der Waals surface area contributed by atoms with E-state index in [1.165, 1.54) is 7.11 Å². The molecule has 0 aliphatic heterocycles. The van der Waals surface area contributed by atoms with Crippen molar-refractivity contribution in [2.75, 3.05) is 32.8 Å². The van der Waals surface area contributed by atoms with E-state index in [0.717, 1.165) is 5.56 Å². The predicted molar refractivity (Wildman–Crippen MR) is 80.1 cm³/mol. The molecule has 0 aliphatic rings. The van der Waals surface area contributed by atoms with Gasteiger partial charge >= 0.3 is 5.97 Å². The number of benzene rings is 1. The van der Waals surface area contributed by atoms with Gasteiger partial charge in [-0.2, -0.15) is 0 Å². The first-order valence-corrected chi connectivity index (χ1v) is 8.32. The first-order chi connectivity index (χ1) is 9.91. The van der Waals surface area contributed by atoms with Crippen LogP contribution in [0.1, 0.15) is 18.0 Å². The molecule has 6 nitrogen and oxygen atoms in total. The maximum absolute atomic E-state index is 12.1. The third-order valence-corrected chi connectivity index (χ3v) is 4.78. The van der Waals surface area contributed by atoms with Crippen LogP contribution in [0.25, 0.3) is 0 Å². The van der Waals surface area contributed by atoms with Crippen molar-refractivity contribution in [2.45, 2.75) is 12.5 Å². The number of methoxy groups -OCH3 is 2. The topological polar surface area (TPSA) is 81.7 Å². The Morgan fingerprint density at radius 1 is 1.33 bits per heavy atom. The second-order valence-corrected chi connectivity index (χ2v) is 6.79. The van der Waals surface area contributed by atoms with E-state index in [2.05, 4.69) is 10.1 Å². The second-order valence-electron chi connectivity index (χ2n) is 4.56. The molecule has 7 heteroatoms. The minimum Gasteiger partial charge on any atom is -0.497 e. The number of ether oxygens (including phenoxy) is 2. The van der Waals surface area contributed by atoms with Gasteiger partial charge in [0.2, 0.25) is 0 Å². The fourth-order valence-corrected chi connectivity index (χ4v) is 3.39. The third-order valence-electron chi connectivity index (χ3n) is 3.11. The minimum absolute atomic E-state index is 0.0896. The van der Waals surface area contributed by atoms with Gasteiger partial charge in [0.05, 0.1) is 32.1 Å². The summed E-state index contributed by atoms with van der Waals surface area (Å²) in [5, 5.41) is 2.98. The van der Waals surface area contributed by atoms with Gasteiger partial charge in [0, 0.05) is 6.04 Å². The van der Waals surface area contributed by atoms with E-state index >= 15 is 0 Å². The third kappa shape index (κ3) is 5.73. The van der Waals surface area contributed by atoms with Gasteiger partial charge in [0.15, 0.2) is 9.84 Å². The molecule has 0 bridgehead atoms. The SMILES string of the molecule is CNC(CS(=O)(=O)CCC(=O)OC)c1cccc(OC)c1. The van der Waals surface area contributed by atoms with Gasteiger partial charge in [0.1, 0.15) is 5.75 Å². The Morgan fingerprint density at radius 2 is 2.05 bits per heavy atom. The second kappa shape index (κ2) is 7.99. The smallest absolute Gasteiger partial charge is 0.306 e. The monoisotopic (exact) mass is 315 g/mol. The van der Waals surface area contributed by atoms with Crippen LogP contribution in [0, 0.1) is 0 Å². The lowest BCUT2D eigenvalue weighted by molar-refractivity contribution is -0.140. The molecular weight excluding hydrogens is 294 g/mol. The summed E-state index contributed by atoms with van der Waals surface area (Å²) in [4.78, 5) is 11.0. The molecule has 21 heavy (non-hydrogen) atoms. The Bertz CT molecular complexity index is 570. The lowest BCUT2D eigenvalue weighted by Crippen LogP contribution is -2.27. The van der Waals surface area contributed by atoms with Crippen LogP contribution in [0.15, 0.2) is 24.3 Å². The molecule has 1 N–H and O–H groups in total. The lowest BCUT2D eigenvalue weighted by Gasteiger charge is -2.17. The minimum atomic E-state index is -3.37. The van der Waals surface area contributed by atoms with Crippen LogP contribution in [0.3, 0.4) is 0 Å². The van der Waals surface area contributed by atoms with Gasteiger partial charge in [-0.05, 0) is 24.7 Å². The quantitative estimate of drug-likeness (QED) is 0.719. The van der Waals surface area contributed by atoms with Crippen molar-refractivity contribution in [2.24, 2.45) is 0 Å². The molecule has 0 spiro atoms. The maximum atomic E-state index is 12.1. The zero-order chi connectivity index (χ0) is 15.9. The van der Waals surface area contributed by atoms with Gasteiger partial charge in [-0.3, -0.25) is 4.79 Å². The summed E-state index contributed by atoms with van der Waals surface area (Å²) in [7, 11) is 1.12. The molecule has 0 heterocycles. The Balaban J connectivity index is 2.78. The molecule has 0 saturated carbocycles. The zero-order valence-corrected chi connectivity index (χ0v) is 13.3. The maximum Gasteiger partial charge on any atom is 0.306 e. The summed E-state index contributed by atoms with van der Waals surface area (Å²) in [6.45, 7) is 0. The highest BCUT2D eigenvalue weighted by atomic mass is 32.2. The Labute approximate surface area is 125 Å². The number of carbonyl (C=O) groups is 1. The molecule has 0 aliphatic carbocycles. The number of rotatable bonds is 8. The molecule has 118 valence electrons. The van der Waals surface area contributed by atoms with E-state index in [1.54, 1.807) is 32.4 Å². The Morgan fingerprint density at radius 3 is 2.62 bits per heavy atom. The van der Waals surface area contributed by atoms with Crippen molar-refractivity contribution < 1.29 is 22.7 Å². The fraction of sp³-hybridized carbons (Fsp3) is 0.500. The predicted octanol–water partition coefficient (Wildman–Crippen LogP) is 0.934. The molecule has 1 aromatic rings. The molecular formula is C14H21NO5S. The molecule has 0 fully saturated rings. The fourth-order valence-electron chi connectivity index (χ4n) is 1.88. The molecule has 1 rings (SSSR count). The van der Waals surface area contributed by atoms with E-state index in [0.29, 0.717) is 5.75 Å². The largest absolute Gasteiger partial charge is 0.497 e. The Hall–Kier alpha value is -1.60. The molecule has 1 aromatic carbocycles. The average molecular weight is 315 g/mol. The van der Waals surface area contributed by atoms with Crippen molar-refractivity contribution in [3.05, 3.63) is 29.8 Å². The highest BCUT2D eigenvalue weighted by molar-refractivity contribution is 7.91. The van der Waals surface area contributed by atoms with Gasteiger partial charge in [-0.25, -0.2) is 8.42 Å². The van der Waals surface area contributed by atoms with Gasteiger partial charge in [-0.1, -0.05) is 12.1 Å². The zero-order valence-electron chi connectivity index (χ0n) is 12.5. The number of sulfone groups is 1. The van der Waals surface area contributed by atoms with Gasteiger partial charge < -0.3 is 14.8 Å². The van der Waals surface area contributed by atoms with Crippen molar-refractivity contribution >= 4 is 15.8 Å². The summed E-state index contributed by atoms with van der Waals surface area (Å²) < 4.78 is 33.7. The van der Waals surface area contributed by atoms with Crippen molar-refractivity contribution in [1.82, 2.24) is 5.32 Å². The number of hydrogen-bond acceptors (Lipinski definition) is 6. The van der Waals surface area contributed by atoms with Crippen LogP contribution < -0.4 is 10.1 Å². The number of nitrogens with one attached hydrogen (secondary N) is 1. The van der Waals surface area contributed by atoms with Crippen LogP contribution in [0.2, 0.25) is 0 Å². The molecule has 0 amide bonds. The van der Waals surface area contributed by atoms with Crippen LogP contribution in [-0.4, -0.2) is 47.2 Å². The van der Waals surface area contributed by atoms with E-state index in [4.69, 9.17) is 4.74 Å². The first-order valence-electron chi connectivity index (χ1n) is 6.50. The first kappa shape index (κ1) is 17.5. The Kier molecular flexibility index (Phi) is 6.64. The lowest BCUT2D eigenvalue weighted by atomic mass is 10.1. The molecule has 1 unspecified atom stereocenters. The van der Waals surface area contributed by atoms with E-state index in [-0.39, 0.29) is 24.0 Å². The highest BCUT2D eigenvalue weighted by Gasteiger charge is 2.21. The van der Waals surface area contributed by atoms with Crippen molar-refractivity contribution in [1.29, 1.82) is 0 Å². The molecule has 0 radical (unpaired) electrons. The normalized spacial score (nSPS) is 12.7. The molecule has 0 aromatic heterocycles. The van der Waals surface area contributed by atoms with Crippen molar-refractivity contribution in [3.63, 3.8) is 0 Å². The van der Waals surface area contributed by atoms with Crippen molar-refractivity contribution in [3.8, 4) is 5.75 Å². The van der Waals surface area contributed by atoms with Crippen LogP contribution in [0.4, 0.5) is 0 Å². The highest BCUT2D eigenvalue weighted by Crippen LogP contribution is 2.20. The van der Waals surface area contributed by atoms with Gasteiger partial charge in [0.25, 0.3) is 0 Å². The number of hydrogen-bond donors (Lipinski definition) is 1. The number of esters is 1. The van der Waals surface area contributed by atoms with E-state index in [9.17, 15) is 13.2 Å². The van der Waals surface area contributed by atoms with E-state index < -0.39 is 15.8 Å². The van der Waals surface area contributed by atoms with Crippen LogP contribution in [0.5, 0.6) is 5.75 Å². The summed E-state index contributed by atoms with van der Waals surface area (Å²) in [5.41, 5.74) is 0.818. The standard InChI is InChI=1S/C14H21NO5S/c1-15-13(11-5-4-6-12(9-11)19-2)10-21(17,18)8-7-14(16)20-3/h4-6,9,13,15H,7-8,10H2,1-3H3. The summed E-state index contributed by atoms with van der Waals surface area (Å²) in [6, 6.07) is 6.86. The number of carbonyl (C=O) groups excluding carboxylic acids is 1. The molecule has 1 atom stereocenters. The van der Waals surface area contributed by atoms with E-state index in [1.807, 2.05) is 6.07 Å². The van der Waals surface area contributed by atoms with Crippen LogP contribution in [-0.2, 0) is 19.4 Å². The average Bonchev–Trinajstić information content (AvgIpc) is 2.50. The summed E-state index contributed by atoms with van der Waals surface area (Å²) >= 11 is 0. The summed E-state index contributed by atoms with van der Waals surface area (Å²) in [6.07, 6.45) is -0.132. The summed E-state index contributed by atoms with van der Waals surface area (Å²) in [5.74, 6) is -0.171. The van der Waals surface area contributed by atoms with Crippen LogP contribution >= 0.6 is 0 Å². The molecule has 0 saturated heterocycles. The van der Waals surface area contributed by atoms with Gasteiger partial charge in [-0.15, -0.1) is 0 Å².